The first-order valence-electron chi connectivity index (χ1n) is 6.21. The van der Waals surface area contributed by atoms with Gasteiger partial charge in [-0.05, 0) is 37.4 Å². The normalized spacial score (nSPS) is 21.4. The van der Waals surface area contributed by atoms with Gasteiger partial charge in [-0.15, -0.1) is 0 Å². The molecule has 0 saturated carbocycles. The van der Waals surface area contributed by atoms with Crippen molar-refractivity contribution >= 4 is 5.82 Å². The summed E-state index contributed by atoms with van der Waals surface area (Å²) in [6.45, 7) is 5.65. The molecule has 3 heteroatoms. The number of likely N-dealkylation sites (tertiary alicyclic amines) is 1. The molecule has 3 nitrogen and oxygen atoms in total. The van der Waals surface area contributed by atoms with Crippen LogP contribution in [0.1, 0.15) is 31.9 Å². The van der Waals surface area contributed by atoms with Crippen molar-refractivity contribution in [2.45, 2.75) is 32.7 Å². The van der Waals surface area contributed by atoms with Gasteiger partial charge in [0.15, 0.2) is 0 Å². The van der Waals surface area contributed by atoms with E-state index in [2.05, 4.69) is 22.9 Å². The van der Waals surface area contributed by atoms with E-state index in [4.69, 9.17) is 5.73 Å². The van der Waals surface area contributed by atoms with Gasteiger partial charge in [0.05, 0.1) is 5.69 Å². The molecule has 1 unspecified atom stereocenters. The molecule has 0 radical (unpaired) electrons. The fraction of sp³-hybridized carbons (Fsp3) is 0.615. The molecule has 1 aromatic heterocycles. The molecule has 2 heterocycles. The summed E-state index contributed by atoms with van der Waals surface area (Å²) in [5.74, 6) is 1.52. The Morgan fingerprint density at radius 3 is 3.12 bits per heavy atom. The maximum Gasteiger partial charge on any atom is 0.123 e. The van der Waals surface area contributed by atoms with E-state index in [0.717, 1.165) is 18.2 Å². The molecule has 0 aromatic carbocycles. The highest BCUT2D eigenvalue weighted by molar-refractivity contribution is 5.28. The summed E-state index contributed by atoms with van der Waals surface area (Å²) < 4.78 is 0. The largest absolute Gasteiger partial charge is 0.384 e. The molecule has 0 spiro atoms. The first kappa shape index (κ1) is 11.4. The van der Waals surface area contributed by atoms with Crippen molar-refractivity contribution in [3.8, 4) is 0 Å². The van der Waals surface area contributed by atoms with Crippen LogP contribution in [0.25, 0.3) is 0 Å². The van der Waals surface area contributed by atoms with Gasteiger partial charge in [-0.1, -0.05) is 19.4 Å². The van der Waals surface area contributed by atoms with Crippen molar-refractivity contribution in [1.82, 2.24) is 9.88 Å². The second-order valence-corrected chi connectivity index (χ2v) is 4.73. The van der Waals surface area contributed by atoms with Crippen LogP contribution >= 0.6 is 0 Å². The minimum absolute atomic E-state index is 0.627. The first-order valence-corrected chi connectivity index (χ1v) is 6.21. The number of aromatic nitrogens is 1. The van der Waals surface area contributed by atoms with Gasteiger partial charge in [0.1, 0.15) is 5.82 Å². The lowest BCUT2D eigenvalue weighted by molar-refractivity contribution is 0.309. The van der Waals surface area contributed by atoms with Crippen molar-refractivity contribution in [2.75, 3.05) is 18.8 Å². The van der Waals surface area contributed by atoms with Gasteiger partial charge in [0, 0.05) is 13.1 Å². The van der Waals surface area contributed by atoms with Crippen molar-refractivity contribution in [2.24, 2.45) is 5.92 Å². The Morgan fingerprint density at radius 2 is 2.38 bits per heavy atom. The van der Waals surface area contributed by atoms with Gasteiger partial charge < -0.3 is 5.73 Å². The highest BCUT2D eigenvalue weighted by atomic mass is 15.2. The predicted octanol–water partition coefficient (Wildman–Crippen LogP) is 2.29. The Morgan fingerprint density at radius 1 is 1.50 bits per heavy atom. The molecule has 16 heavy (non-hydrogen) atoms. The quantitative estimate of drug-likeness (QED) is 0.844. The van der Waals surface area contributed by atoms with Gasteiger partial charge in [0.2, 0.25) is 0 Å². The van der Waals surface area contributed by atoms with Crippen LogP contribution in [0.3, 0.4) is 0 Å². The van der Waals surface area contributed by atoms with Crippen LogP contribution in [0, 0.1) is 5.92 Å². The fourth-order valence-corrected chi connectivity index (χ4v) is 2.52. The lowest BCUT2D eigenvalue weighted by atomic mass is 10.0. The fourth-order valence-electron chi connectivity index (χ4n) is 2.52. The second-order valence-electron chi connectivity index (χ2n) is 4.73. The molecule has 88 valence electrons. The van der Waals surface area contributed by atoms with Crippen LogP contribution in [0.4, 0.5) is 5.82 Å². The zero-order valence-electron chi connectivity index (χ0n) is 10.0. The van der Waals surface area contributed by atoms with Gasteiger partial charge >= 0.3 is 0 Å². The van der Waals surface area contributed by atoms with E-state index in [1.807, 2.05) is 12.1 Å². The Hall–Kier alpha value is -1.09. The number of pyridine rings is 1. The molecule has 1 aliphatic rings. The molecular formula is C13H21N3. The highest BCUT2D eigenvalue weighted by Crippen LogP contribution is 2.22. The lowest BCUT2D eigenvalue weighted by Crippen LogP contribution is -2.20. The number of hydrogen-bond acceptors (Lipinski definition) is 3. The SMILES string of the molecule is CCCC1CCN(Cc2cccc(N)n2)C1. The van der Waals surface area contributed by atoms with Crippen LogP contribution in [-0.2, 0) is 6.54 Å². The molecule has 0 bridgehead atoms. The molecule has 1 saturated heterocycles. The van der Waals surface area contributed by atoms with E-state index < -0.39 is 0 Å². The Kier molecular flexibility index (Phi) is 3.78. The van der Waals surface area contributed by atoms with Crippen LogP contribution < -0.4 is 5.73 Å². The van der Waals surface area contributed by atoms with Crippen LogP contribution in [0.2, 0.25) is 0 Å². The third kappa shape index (κ3) is 2.95. The van der Waals surface area contributed by atoms with Crippen molar-refractivity contribution in [3.05, 3.63) is 23.9 Å². The van der Waals surface area contributed by atoms with Crippen molar-refractivity contribution in [3.63, 3.8) is 0 Å². The molecule has 2 N–H and O–H groups in total. The van der Waals surface area contributed by atoms with Gasteiger partial charge in [0.25, 0.3) is 0 Å². The molecule has 1 atom stereocenters. The van der Waals surface area contributed by atoms with E-state index >= 15 is 0 Å². The van der Waals surface area contributed by atoms with E-state index in [1.54, 1.807) is 0 Å². The Labute approximate surface area is 97.7 Å². The average molecular weight is 219 g/mol. The molecule has 1 aliphatic heterocycles. The van der Waals surface area contributed by atoms with Crippen LogP contribution in [-0.4, -0.2) is 23.0 Å². The van der Waals surface area contributed by atoms with Crippen molar-refractivity contribution < 1.29 is 0 Å². The van der Waals surface area contributed by atoms with Gasteiger partial charge in [-0.2, -0.15) is 0 Å². The second kappa shape index (κ2) is 5.30. The molecule has 1 fully saturated rings. The zero-order chi connectivity index (χ0) is 11.4. The lowest BCUT2D eigenvalue weighted by Gasteiger charge is -2.15. The third-order valence-corrected chi connectivity index (χ3v) is 3.28. The average Bonchev–Trinajstić information content (AvgIpc) is 2.66. The third-order valence-electron chi connectivity index (χ3n) is 3.28. The molecule has 1 aromatic rings. The number of nitrogen functional groups attached to an aromatic ring is 1. The van der Waals surface area contributed by atoms with Crippen molar-refractivity contribution in [1.29, 1.82) is 0 Å². The summed E-state index contributed by atoms with van der Waals surface area (Å²) in [5.41, 5.74) is 6.77. The summed E-state index contributed by atoms with van der Waals surface area (Å²) >= 11 is 0. The minimum atomic E-state index is 0.627. The van der Waals surface area contributed by atoms with E-state index in [0.29, 0.717) is 5.82 Å². The number of nitrogens with two attached hydrogens (primary N) is 1. The molecule has 0 amide bonds. The maximum absolute atomic E-state index is 5.68. The summed E-state index contributed by atoms with van der Waals surface area (Å²) in [7, 11) is 0. The Balaban J connectivity index is 1.87. The van der Waals surface area contributed by atoms with E-state index in [9.17, 15) is 0 Å². The number of anilines is 1. The maximum atomic E-state index is 5.68. The summed E-state index contributed by atoms with van der Waals surface area (Å²) in [4.78, 5) is 6.83. The number of nitrogens with zero attached hydrogens (tertiary/aromatic N) is 2. The van der Waals surface area contributed by atoms with Gasteiger partial charge in [-0.3, -0.25) is 4.90 Å². The zero-order valence-corrected chi connectivity index (χ0v) is 10.0. The summed E-state index contributed by atoms with van der Waals surface area (Å²) in [6, 6.07) is 5.88. The Bertz CT molecular complexity index is 338. The van der Waals surface area contributed by atoms with Gasteiger partial charge in [-0.25, -0.2) is 4.98 Å². The monoisotopic (exact) mass is 219 g/mol. The predicted molar refractivity (Wildman–Crippen MR) is 66.9 cm³/mol. The van der Waals surface area contributed by atoms with Crippen LogP contribution in [0.15, 0.2) is 18.2 Å². The molecule has 2 rings (SSSR count). The smallest absolute Gasteiger partial charge is 0.123 e. The number of hydrogen-bond donors (Lipinski definition) is 1. The minimum Gasteiger partial charge on any atom is -0.384 e. The highest BCUT2D eigenvalue weighted by Gasteiger charge is 2.21. The summed E-state index contributed by atoms with van der Waals surface area (Å²) in [6.07, 6.45) is 4.01. The summed E-state index contributed by atoms with van der Waals surface area (Å²) in [5, 5.41) is 0. The molecular weight excluding hydrogens is 198 g/mol. The first-order chi connectivity index (χ1) is 7.78. The standard InChI is InChI=1S/C13H21N3/c1-2-4-11-7-8-16(9-11)10-12-5-3-6-13(14)15-12/h3,5-6,11H,2,4,7-10H2,1H3,(H2,14,15). The van der Waals surface area contributed by atoms with E-state index in [-0.39, 0.29) is 0 Å². The number of rotatable bonds is 4. The topological polar surface area (TPSA) is 42.1 Å². The molecule has 0 aliphatic carbocycles. The van der Waals surface area contributed by atoms with Crippen LogP contribution in [0.5, 0.6) is 0 Å². The van der Waals surface area contributed by atoms with E-state index in [1.165, 1.54) is 32.4 Å².